The van der Waals surface area contributed by atoms with Crippen LogP contribution in [0.15, 0.2) is 22.7 Å². The van der Waals surface area contributed by atoms with Crippen LogP contribution < -0.4 is 0 Å². The van der Waals surface area contributed by atoms with E-state index < -0.39 is 0 Å². The number of halogens is 1. The fourth-order valence-electron chi connectivity index (χ4n) is 2.89. The van der Waals surface area contributed by atoms with Crippen LogP contribution in [-0.4, -0.2) is 45.9 Å². The molecule has 1 fully saturated rings. The molecule has 3 rings (SSSR count). The molecule has 1 aromatic heterocycles. The lowest BCUT2D eigenvalue weighted by Crippen LogP contribution is -2.38. The van der Waals surface area contributed by atoms with Crippen LogP contribution in [0.3, 0.4) is 0 Å². The molecule has 0 saturated carbocycles. The summed E-state index contributed by atoms with van der Waals surface area (Å²) in [4.78, 5) is 6.60. The Morgan fingerprint density at radius 3 is 3.09 bits per heavy atom. The highest BCUT2D eigenvalue weighted by Crippen LogP contribution is 2.19. The molecule has 2 aromatic rings. The zero-order chi connectivity index (χ0) is 16.2. The summed E-state index contributed by atoms with van der Waals surface area (Å²) < 4.78 is 18.8. The number of nitrogens with zero attached hydrogens (tertiary/aromatic N) is 3. The van der Waals surface area contributed by atoms with Crippen molar-refractivity contribution >= 4 is 0 Å². The van der Waals surface area contributed by atoms with Crippen LogP contribution in [0.25, 0.3) is 11.4 Å². The maximum absolute atomic E-state index is 13.6. The lowest BCUT2D eigenvalue weighted by Gasteiger charge is -2.29. The first kappa shape index (κ1) is 16.1. The number of likely N-dealkylation sites (tertiary alicyclic amines) is 1. The number of hydrogen-bond acceptors (Lipinski definition) is 5. The van der Waals surface area contributed by atoms with E-state index in [-0.39, 0.29) is 11.9 Å². The van der Waals surface area contributed by atoms with E-state index in [1.807, 2.05) is 0 Å². The van der Waals surface area contributed by atoms with Crippen molar-refractivity contribution in [1.82, 2.24) is 15.0 Å². The number of hydrogen-bond donors (Lipinski definition) is 1. The van der Waals surface area contributed by atoms with E-state index in [0.717, 1.165) is 38.9 Å². The first-order valence-electron chi connectivity index (χ1n) is 8.11. The van der Waals surface area contributed by atoms with E-state index in [1.54, 1.807) is 19.1 Å². The summed E-state index contributed by atoms with van der Waals surface area (Å²) in [6, 6.07) is 4.93. The van der Waals surface area contributed by atoms with Gasteiger partial charge in [0.2, 0.25) is 11.7 Å². The van der Waals surface area contributed by atoms with Gasteiger partial charge in [0.15, 0.2) is 0 Å². The molecular weight excluding hydrogens is 297 g/mol. The quantitative estimate of drug-likeness (QED) is 0.918. The van der Waals surface area contributed by atoms with Crippen LogP contribution in [0, 0.1) is 12.7 Å². The average molecular weight is 319 g/mol. The minimum atomic E-state index is -0.266. The van der Waals surface area contributed by atoms with Crippen LogP contribution in [-0.2, 0) is 6.42 Å². The summed E-state index contributed by atoms with van der Waals surface area (Å²) >= 11 is 0. The number of aromatic nitrogens is 2. The van der Waals surface area contributed by atoms with Gasteiger partial charge in [0, 0.05) is 18.5 Å². The van der Waals surface area contributed by atoms with Crippen LogP contribution in [0.1, 0.15) is 30.7 Å². The molecule has 6 heteroatoms. The SMILES string of the molecule is Cc1ccc(-c2noc(CCCN3CCCC(O)C3)n2)cc1F. The highest BCUT2D eigenvalue weighted by molar-refractivity contribution is 5.54. The molecule has 1 atom stereocenters. The minimum Gasteiger partial charge on any atom is -0.392 e. The Morgan fingerprint density at radius 1 is 1.43 bits per heavy atom. The Morgan fingerprint density at radius 2 is 2.30 bits per heavy atom. The van der Waals surface area contributed by atoms with Crippen molar-refractivity contribution in [2.24, 2.45) is 0 Å². The van der Waals surface area contributed by atoms with Gasteiger partial charge in [-0.15, -0.1) is 0 Å². The summed E-state index contributed by atoms with van der Waals surface area (Å²) in [6.45, 7) is 4.42. The molecule has 1 N–H and O–H groups in total. The summed E-state index contributed by atoms with van der Waals surface area (Å²) in [5.74, 6) is 0.725. The van der Waals surface area contributed by atoms with E-state index in [4.69, 9.17) is 4.52 Å². The van der Waals surface area contributed by atoms with Gasteiger partial charge in [-0.25, -0.2) is 4.39 Å². The molecule has 5 nitrogen and oxygen atoms in total. The Kier molecular flexibility index (Phi) is 5.03. The first-order valence-corrected chi connectivity index (χ1v) is 8.11. The molecule has 1 unspecified atom stereocenters. The standard InChI is InChI=1S/C17H22FN3O2/c1-12-6-7-13(10-15(12)18)17-19-16(23-20-17)5-3-9-21-8-2-4-14(22)11-21/h6-7,10,14,22H,2-5,8-9,11H2,1H3. The molecule has 1 aromatic carbocycles. The topological polar surface area (TPSA) is 62.4 Å². The van der Waals surface area contributed by atoms with Crippen molar-refractivity contribution < 1.29 is 14.0 Å². The van der Waals surface area contributed by atoms with Gasteiger partial charge in [-0.2, -0.15) is 4.98 Å². The predicted molar refractivity (Wildman–Crippen MR) is 84.4 cm³/mol. The molecule has 23 heavy (non-hydrogen) atoms. The largest absolute Gasteiger partial charge is 0.392 e. The Labute approximate surface area is 135 Å². The molecule has 0 bridgehead atoms. The van der Waals surface area contributed by atoms with Crippen molar-refractivity contribution in [2.75, 3.05) is 19.6 Å². The first-order chi connectivity index (χ1) is 11.1. The third-order valence-electron chi connectivity index (χ3n) is 4.24. The highest BCUT2D eigenvalue weighted by Gasteiger charge is 2.17. The van der Waals surface area contributed by atoms with E-state index >= 15 is 0 Å². The second-order valence-corrected chi connectivity index (χ2v) is 6.18. The van der Waals surface area contributed by atoms with Crippen LogP contribution >= 0.6 is 0 Å². The fourth-order valence-corrected chi connectivity index (χ4v) is 2.89. The number of aryl methyl sites for hydroxylation is 2. The third kappa shape index (κ3) is 4.14. The Bertz CT molecular complexity index is 659. The normalized spacial score (nSPS) is 19.2. The van der Waals surface area contributed by atoms with Gasteiger partial charge in [-0.3, -0.25) is 0 Å². The van der Waals surface area contributed by atoms with Gasteiger partial charge >= 0.3 is 0 Å². The lowest BCUT2D eigenvalue weighted by atomic mass is 10.1. The van der Waals surface area contributed by atoms with Crippen molar-refractivity contribution in [3.05, 3.63) is 35.5 Å². The van der Waals surface area contributed by atoms with E-state index in [1.165, 1.54) is 6.07 Å². The zero-order valence-electron chi connectivity index (χ0n) is 13.3. The number of piperidine rings is 1. The smallest absolute Gasteiger partial charge is 0.227 e. The van der Waals surface area contributed by atoms with Crippen molar-refractivity contribution in [1.29, 1.82) is 0 Å². The molecule has 0 spiro atoms. The molecule has 0 amide bonds. The van der Waals surface area contributed by atoms with Crippen LogP contribution in [0.4, 0.5) is 4.39 Å². The van der Waals surface area contributed by atoms with Gasteiger partial charge < -0.3 is 14.5 Å². The summed E-state index contributed by atoms with van der Waals surface area (Å²) in [7, 11) is 0. The Balaban J connectivity index is 1.54. The van der Waals surface area contributed by atoms with E-state index in [2.05, 4.69) is 15.0 Å². The number of aliphatic hydroxyl groups excluding tert-OH is 1. The molecule has 1 aliphatic rings. The Hall–Kier alpha value is -1.79. The number of aliphatic hydroxyl groups is 1. The second kappa shape index (κ2) is 7.19. The molecular formula is C17H22FN3O2. The molecule has 1 aliphatic heterocycles. The maximum Gasteiger partial charge on any atom is 0.227 e. The minimum absolute atomic E-state index is 0.199. The summed E-state index contributed by atoms with van der Waals surface area (Å²) in [6.07, 6.45) is 3.33. The van der Waals surface area contributed by atoms with Gasteiger partial charge in [0.25, 0.3) is 0 Å². The monoisotopic (exact) mass is 319 g/mol. The molecule has 1 saturated heterocycles. The van der Waals surface area contributed by atoms with Gasteiger partial charge in [-0.05, 0) is 50.9 Å². The second-order valence-electron chi connectivity index (χ2n) is 6.18. The van der Waals surface area contributed by atoms with Crippen molar-refractivity contribution in [2.45, 2.75) is 38.7 Å². The van der Waals surface area contributed by atoms with Gasteiger partial charge in [0.05, 0.1) is 6.10 Å². The summed E-state index contributed by atoms with van der Waals surface area (Å²) in [5, 5.41) is 13.6. The molecule has 124 valence electrons. The van der Waals surface area contributed by atoms with Crippen LogP contribution in [0.2, 0.25) is 0 Å². The van der Waals surface area contributed by atoms with Gasteiger partial charge in [-0.1, -0.05) is 17.3 Å². The lowest BCUT2D eigenvalue weighted by molar-refractivity contribution is 0.0699. The highest BCUT2D eigenvalue weighted by atomic mass is 19.1. The molecule has 2 heterocycles. The molecule has 0 radical (unpaired) electrons. The van der Waals surface area contributed by atoms with Crippen molar-refractivity contribution in [3.63, 3.8) is 0 Å². The van der Waals surface area contributed by atoms with Crippen LogP contribution in [0.5, 0.6) is 0 Å². The van der Waals surface area contributed by atoms with E-state index in [9.17, 15) is 9.50 Å². The predicted octanol–water partition coefficient (Wildman–Crippen LogP) is 2.57. The van der Waals surface area contributed by atoms with Gasteiger partial charge in [0.1, 0.15) is 5.82 Å². The zero-order valence-corrected chi connectivity index (χ0v) is 13.3. The maximum atomic E-state index is 13.6. The fraction of sp³-hybridized carbons (Fsp3) is 0.529. The number of benzene rings is 1. The van der Waals surface area contributed by atoms with E-state index in [0.29, 0.717) is 29.3 Å². The average Bonchev–Trinajstić information content (AvgIpc) is 2.99. The number of β-amino-alcohol motifs (C(OH)–C–C–N with tert-alkyl or cyclic N) is 1. The molecule has 0 aliphatic carbocycles. The summed E-state index contributed by atoms with van der Waals surface area (Å²) in [5.41, 5.74) is 1.23. The third-order valence-corrected chi connectivity index (χ3v) is 4.24. The number of rotatable bonds is 5. The van der Waals surface area contributed by atoms with Crippen molar-refractivity contribution in [3.8, 4) is 11.4 Å².